The van der Waals surface area contributed by atoms with E-state index in [4.69, 9.17) is 16.3 Å². The van der Waals surface area contributed by atoms with Crippen LogP contribution in [0.2, 0.25) is 5.02 Å². The predicted molar refractivity (Wildman–Crippen MR) is 106 cm³/mol. The number of halogens is 1. The van der Waals surface area contributed by atoms with Gasteiger partial charge < -0.3 is 9.64 Å². The molecular formula is C21H24ClN3O2. The molecular weight excluding hydrogens is 362 g/mol. The van der Waals surface area contributed by atoms with E-state index in [1.807, 2.05) is 39.8 Å². The summed E-state index contributed by atoms with van der Waals surface area (Å²) >= 11 is 6.34. The Morgan fingerprint density at radius 1 is 1.07 bits per heavy atom. The van der Waals surface area contributed by atoms with Gasteiger partial charge in [0.15, 0.2) is 5.78 Å². The molecule has 3 heterocycles. The number of anilines is 1. The molecule has 5 nitrogen and oxygen atoms in total. The zero-order chi connectivity index (χ0) is 19.3. The van der Waals surface area contributed by atoms with Crippen LogP contribution >= 0.6 is 11.6 Å². The van der Waals surface area contributed by atoms with Crippen LogP contribution in [0.15, 0.2) is 12.1 Å². The highest BCUT2D eigenvalue weighted by atomic mass is 35.5. The maximum absolute atomic E-state index is 12.9. The molecule has 142 valence electrons. The number of fused-ring (bicyclic) bond motifs is 1. The highest BCUT2D eigenvalue weighted by Gasteiger charge is 2.44. The average Bonchev–Trinajstić information content (AvgIpc) is 2.59. The van der Waals surface area contributed by atoms with Gasteiger partial charge in [-0.25, -0.2) is 9.97 Å². The second-order valence-corrected chi connectivity index (χ2v) is 8.21. The third kappa shape index (κ3) is 3.18. The lowest BCUT2D eigenvalue weighted by Gasteiger charge is -2.44. The maximum Gasteiger partial charge on any atom is 0.225 e. The first-order valence-corrected chi connectivity index (χ1v) is 9.75. The van der Waals surface area contributed by atoms with E-state index >= 15 is 0 Å². The second-order valence-electron chi connectivity index (χ2n) is 7.83. The number of hydrogen-bond acceptors (Lipinski definition) is 5. The number of aromatic nitrogens is 2. The Kier molecular flexibility index (Phi) is 4.38. The summed E-state index contributed by atoms with van der Waals surface area (Å²) in [5.41, 5.74) is 3.92. The van der Waals surface area contributed by atoms with Crippen molar-refractivity contribution in [2.24, 2.45) is 0 Å². The molecule has 1 aromatic carbocycles. The van der Waals surface area contributed by atoms with E-state index in [-0.39, 0.29) is 5.78 Å². The van der Waals surface area contributed by atoms with E-state index in [0.29, 0.717) is 22.8 Å². The monoisotopic (exact) mass is 385 g/mol. The lowest BCUT2D eigenvalue weighted by atomic mass is 9.81. The molecule has 0 atom stereocenters. The van der Waals surface area contributed by atoms with Gasteiger partial charge >= 0.3 is 0 Å². The molecule has 0 N–H and O–H groups in total. The first kappa shape index (κ1) is 18.2. The van der Waals surface area contributed by atoms with E-state index in [1.165, 1.54) is 0 Å². The Bertz CT molecular complexity index is 913. The molecule has 0 saturated carbocycles. The zero-order valence-electron chi connectivity index (χ0n) is 16.2. The van der Waals surface area contributed by atoms with Crippen molar-refractivity contribution in [3.63, 3.8) is 0 Å². The van der Waals surface area contributed by atoms with Crippen LogP contribution < -0.4 is 9.64 Å². The van der Waals surface area contributed by atoms with Crippen LogP contribution in [-0.4, -0.2) is 34.4 Å². The van der Waals surface area contributed by atoms with Crippen molar-refractivity contribution >= 4 is 23.3 Å². The van der Waals surface area contributed by atoms with Crippen LogP contribution in [-0.2, 0) is 0 Å². The van der Waals surface area contributed by atoms with Crippen LogP contribution in [0.5, 0.6) is 5.75 Å². The van der Waals surface area contributed by atoms with Gasteiger partial charge in [-0.3, -0.25) is 4.79 Å². The van der Waals surface area contributed by atoms with Gasteiger partial charge in [0.1, 0.15) is 11.4 Å². The summed E-state index contributed by atoms with van der Waals surface area (Å²) in [6.45, 7) is 9.37. The number of rotatable bonds is 1. The standard InChI is InChI=1S/C21H24ClN3O2/c1-12-9-17-18(15(4)19(12)22)16(26)11-21(27-17)5-7-25(8-6-21)20-23-13(2)10-14(3)24-20/h9-10H,5-8,11H2,1-4H3. The predicted octanol–water partition coefficient (Wildman–Crippen LogP) is 4.37. The highest BCUT2D eigenvalue weighted by molar-refractivity contribution is 6.32. The van der Waals surface area contributed by atoms with Gasteiger partial charge in [-0.2, -0.15) is 0 Å². The van der Waals surface area contributed by atoms with Gasteiger partial charge in [0.25, 0.3) is 0 Å². The minimum absolute atomic E-state index is 0.131. The molecule has 1 fully saturated rings. The first-order chi connectivity index (χ1) is 12.8. The number of Topliss-reactive ketones (excluding diaryl/α,β-unsaturated/α-hetero) is 1. The van der Waals surface area contributed by atoms with Crippen molar-refractivity contribution in [3.05, 3.63) is 45.2 Å². The summed E-state index contributed by atoms with van der Waals surface area (Å²) in [6.07, 6.45) is 1.95. The maximum atomic E-state index is 12.9. The van der Waals surface area contributed by atoms with Gasteiger partial charge in [-0.15, -0.1) is 0 Å². The molecule has 0 amide bonds. The van der Waals surface area contributed by atoms with Crippen LogP contribution in [0, 0.1) is 27.7 Å². The fraction of sp³-hybridized carbons (Fsp3) is 0.476. The Morgan fingerprint density at radius 3 is 2.33 bits per heavy atom. The summed E-state index contributed by atoms with van der Waals surface area (Å²) in [5.74, 6) is 1.58. The van der Waals surface area contributed by atoms with Crippen LogP contribution in [0.1, 0.15) is 52.1 Å². The summed E-state index contributed by atoms with van der Waals surface area (Å²) in [7, 11) is 0. The Balaban J connectivity index is 1.58. The Hall–Kier alpha value is -2.14. The molecule has 0 radical (unpaired) electrons. The first-order valence-electron chi connectivity index (χ1n) is 9.37. The smallest absolute Gasteiger partial charge is 0.225 e. The number of benzene rings is 1. The number of carbonyl (C=O) groups is 1. The summed E-state index contributed by atoms with van der Waals surface area (Å²) in [6, 6.07) is 3.88. The third-order valence-electron chi connectivity index (χ3n) is 5.66. The van der Waals surface area contributed by atoms with E-state index < -0.39 is 5.60 Å². The average molecular weight is 386 g/mol. The van der Waals surface area contributed by atoms with Gasteiger partial charge in [-0.05, 0) is 51.0 Å². The fourth-order valence-electron chi connectivity index (χ4n) is 4.24. The highest BCUT2D eigenvalue weighted by Crippen LogP contribution is 2.43. The molecule has 1 saturated heterocycles. The van der Waals surface area contributed by atoms with Crippen molar-refractivity contribution in [3.8, 4) is 5.75 Å². The summed E-state index contributed by atoms with van der Waals surface area (Å²) < 4.78 is 6.43. The zero-order valence-corrected chi connectivity index (χ0v) is 17.0. The molecule has 6 heteroatoms. The molecule has 0 aliphatic carbocycles. The second kappa shape index (κ2) is 6.48. The fourth-order valence-corrected chi connectivity index (χ4v) is 4.39. The summed E-state index contributed by atoms with van der Waals surface area (Å²) in [4.78, 5) is 24.2. The number of ether oxygens (including phenoxy) is 1. The van der Waals surface area contributed by atoms with Crippen molar-refractivity contribution in [2.45, 2.75) is 52.6 Å². The molecule has 0 bridgehead atoms. The largest absolute Gasteiger partial charge is 0.486 e. The van der Waals surface area contributed by atoms with E-state index in [0.717, 1.165) is 54.4 Å². The molecule has 1 aromatic heterocycles. The van der Waals surface area contributed by atoms with Gasteiger partial charge in [-0.1, -0.05) is 11.6 Å². The molecule has 2 aromatic rings. The lowest BCUT2D eigenvalue weighted by Crippen LogP contribution is -2.51. The van der Waals surface area contributed by atoms with Crippen molar-refractivity contribution in [1.82, 2.24) is 9.97 Å². The molecule has 4 rings (SSSR count). The number of aryl methyl sites for hydroxylation is 3. The molecule has 2 aliphatic rings. The Labute approximate surface area is 164 Å². The van der Waals surface area contributed by atoms with Crippen molar-refractivity contribution in [1.29, 1.82) is 0 Å². The summed E-state index contributed by atoms with van der Waals surface area (Å²) in [5, 5.41) is 0.656. The van der Waals surface area contributed by atoms with Crippen molar-refractivity contribution in [2.75, 3.05) is 18.0 Å². The third-order valence-corrected chi connectivity index (χ3v) is 6.24. The topological polar surface area (TPSA) is 55.3 Å². The lowest BCUT2D eigenvalue weighted by molar-refractivity contribution is 0.0228. The number of hydrogen-bond donors (Lipinski definition) is 0. The SMILES string of the molecule is Cc1cc(C)nc(N2CCC3(CC2)CC(=O)c2c(cc(C)c(Cl)c2C)O3)n1. The van der Waals surface area contributed by atoms with Gasteiger partial charge in [0.2, 0.25) is 5.95 Å². The minimum Gasteiger partial charge on any atom is -0.486 e. The van der Waals surface area contributed by atoms with E-state index in [2.05, 4.69) is 14.9 Å². The van der Waals surface area contributed by atoms with E-state index in [9.17, 15) is 4.79 Å². The number of nitrogens with zero attached hydrogens (tertiary/aromatic N) is 3. The molecule has 1 spiro atoms. The molecule has 27 heavy (non-hydrogen) atoms. The molecule has 0 unspecified atom stereocenters. The Morgan fingerprint density at radius 2 is 1.70 bits per heavy atom. The van der Waals surface area contributed by atoms with Gasteiger partial charge in [0, 0.05) is 42.3 Å². The normalized spacial score (nSPS) is 18.4. The quantitative estimate of drug-likeness (QED) is 0.729. The number of piperidine rings is 1. The number of ketones is 1. The van der Waals surface area contributed by atoms with Crippen LogP contribution in [0.4, 0.5) is 5.95 Å². The van der Waals surface area contributed by atoms with E-state index in [1.54, 1.807) is 0 Å². The van der Waals surface area contributed by atoms with Crippen LogP contribution in [0.25, 0.3) is 0 Å². The minimum atomic E-state index is -0.438. The number of carbonyl (C=O) groups excluding carboxylic acids is 1. The molecule has 2 aliphatic heterocycles. The van der Waals surface area contributed by atoms with Crippen LogP contribution in [0.3, 0.4) is 0 Å². The van der Waals surface area contributed by atoms with Crippen molar-refractivity contribution < 1.29 is 9.53 Å². The van der Waals surface area contributed by atoms with Gasteiger partial charge in [0.05, 0.1) is 12.0 Å².